The molecule has 3 aromatic rings. The molecule has 1 fully saturated rings. The minimum Gasteiger partial charge on any atom is -0.477 e. The largest absolute Gasteiger partial charge is 0.477 e. The van der Waals surface area contributed by atoms with Crippen molar-refractivity contribution in [3.05, 3.63) is 69.8 Å². The number of carboxylic acids is 1. The van der Waals surface area contributed by atoms with Crippen LogP contribution in [0, 0.1) is 5.82 Å². The topological polar surface area (TPSA) is 100 Å². The first-order valence-electron chi connectivity index (χ1n) is 9.70. The number of fused-ring (bicyclic) bond motifs is 2. The van der Waals surface area contributed by atoms with Crippen molar-refractivity contribution in [1.29, 1.82) is 0 Å². The van der Waals surface area contributed by atoms with Crippen molar-refractivity contribution in [3.8, 4) is 0 Å². The minimum absolute atomic E-state index is 0.0444. The van der Waals surface area contributed by atoms with Gasteiger partial charge in [-0.25, -0.2) is 9.18 Å². The van der Waals surface area contributed by atoms with Crippen LogP contribution in [0.5, 0.6) is 0 Å². The molecule has 2 aliphatic rings. The van der Waals surface area contributed by atoms with Crippen LogP contribution in [0.3, 0.4) is 0 Å². The number of pyridine rings is 1. The summed E-state index contributed by atoms with van der Waals surface area (Å²) in [5.74, 6) is -2.37. The van der Waals surface area contributed by atoms with Gasteiger partial charge in [0.1, 0.15) is 11.6 Å². The second kappa shape index (κ2) is 6.69. The maximum Gasteiger partial charge on any atom is 0.341 e. The molecule has 2 heterocycles. The van der Waals surface area contributed by atoms with Crippen LogP contribution in [0.4, 0.5) is 15.8 Å². The third-order valence-corrected chi connectivity index (χ3v) is 5.60. The highest BCUT2D eigenvalue weighted by atomic mass is 19.1. The molecule has 152 valence electrons. The van der Waals surface area contributed by atoms with E-state index in [1.165, 1.54) is 12.3 Å². The van der Waals surface area contributed by atoms with Crippen molar-refractivity contribution in [2.24, 2.45) is 0 Å². The number of carbonyl (C=O) groups excluding carboxylic acids is 1. The zero-order valence-electron chi connectivity index (χ0n) is 15.8. The van der Waals surface area contributed by atoms with Gasteiger partial charge in [0, 0.05) is 18.7 Å². The highest BCUT2D eigenvalue weighted by Gasteiger charge is 2.33. The molecule has 3 N–H and O–H groups in total. The number of anilines is 2. The second-order valence-corrected chi connectivity index (χ2v) is 7.70. The first-order chi connectivity index (χ1) is 14.4. The van der Waals surface area contributed by atoms with Gasteiger partial charge in [0.05, 0.1) is 22.3 Å². The maximum absolute atomic E-state index is 15.6. The Labute approximate surface area is 170 Å². The highest BCUT2D eigenvalue weighted by molar-refractivity contribution is 6.07. The van der Waals surface area contributed by atoms with E-state index in [0.717, 1.165) is 18.4 Å². The smallest absolute Gasteiger partial charge is 0.341 e. The molecule has 2 aromatic carbocycles. The number of carbonyl (C=O) groups is 2. The summed E-state index contributed by atoms with van der Waals surface area (Å²) in [6.45, 7) is 0. The number of aromatic nitrogens is 1. The van der Waals surface area contributed by atoms with Crippen LogP contribution in [0.2, 0.25) is 0 Å². The monoisotopic (exact) mass is 407 g/mol. The summed E-state index contributed by atoms with van der Waals surface area (Å²) in [6, 6.07) is 10.0. The summed E-state index contributed by atoms with van der Waals surface area (Å²) >= 11 is 0. The molecule has 1 aromatic heterocycles. The van der Waals surface area contributed by atoms with E-state index in [0.29, 0.717) is 6.42 Å². The molecule has 1 aliphatic heterocycles. The third-order valence-electron chi connectivity index (χ3n) is 5.60. The van der Waals surface area contributed by atoms with Crippen LogP contribution in [-0.2, 0) is 11.2 Å². The van der Waals surface area contributed by atoms with Gasteiger partial charge < -0.3 is 20.3 Å². The lowest BCUT2D eigenvalue weighted by atomic mass is 10.0. The van der Waals surface area contributed by atoms with Crippen molar-refractivity contribution in [1.82, 2.24) is 4.57 Å². The van der Waals surface area contributed by atoms with Crippen LogP contribution in [0.1, 0.15) is 34.8 Å². The fraction of sp³-hybridized carbons (Fsp3) is 0.227. The van der Waals surface area contributed by atoms with E-state index in [2.05, 4.69) is 10.6 Å². The molecule has 1 aliphatic carbocycles. The summed E-state index contributed by atoms with van der Waals surface area (Å²) in [5, 5.41) is 15.0. The van der Waals surface area contributed by atoms with Gasteiger partial charge in [-0.05, 0) is 24.5 Å². The first-order valence-corrected chi connectivity index (χ1v) is 9.70. The third kappa shape index (κ3) is 2.92. The molecule has 0 radical (unpaired) electrons. The molecular weight excluding hydrogens is 389 g/mol. The zero-order valence-corrected chi connectivity index (χ0v) is 15.8. The Balaban J connectivity index is 1.65. The number of hydrogen-bond donors (Lipinski definition) is 3. The van der Waals surface area contributed by atoms with Gasteiger partial charge in [0.2, 0.25) is 11.3 Å². The molecule has 0 spiro atoms. The van der Waals surface area contributed by atoms with Gasteiger partial charge in [-0.2, -0.15) is 0 Å². The number of hydrogen-bond acceptors (Lipinski definition) is 4. The van der Waals surface area contributed by atoms with Gasteiger partial charge in [-0.3, -0.25) is 9.59 Å². The number of halogens is 1. The molecule has 5 rings (SSSR count). The van der Waals surface area contributed by atoms with Crippen molar-refractivity contribution in [2.45, 2.75) is 31.3 Å². The second-order valence-electron chi connectivity index (χ2n) is 7.70. The van der Waals surface area contributed by atoms with Crippen molar-refractivity contribution < 1.29 is 19.1 Å². The molecule has 0 bridgehead atoms. The Morgan fingerprint density at radius 2 is 1.93 bits per heavy atom. The lowest BCUT2D eigenvalue weighted by Crippen LogP contribution is -2.41. The van der Waals surface area contributed by atoms with Crippen LogP contribution in [0.25, 0.3) is 10.9 Å². The summed E-state index contributed by atoms with van der Waals surface area (Å²) < 4.78 is 17.2. The van der Waals surface area contributed by atoms with E-state index in [-0.39, 0.29) is 34.2 Å². The molecular formula is C22H18FN3O4. The van der Waals surface area contributed by atoms with E-state index in [1.54, 1.807) is 4.57 Å². The van der Waals surface area contributed by atoms with Gasteiger partial charge in [-0.15, -0.1) is 0 Å². The molecule has 0 saturated heterocycles. The fourth-order valence-corrected chi connectivity index (χ4v) is 3.96. The Morgan fingerprint density at radius 3 is 2.60 bits per heavy atom. The molecule has 0 unspecified atom stereocenters. The molecule has 1 atom stereocenters. The predicted octanol–water partition coefficient (Wildman–Crippen LogP) is 3.15. The molecule has 30 heavy (non-hydrogen) atoms. The normalized spacial score (nSPS) is 17.9. The van der Waals surface area contributed by atoms with Crippen LogP contribution in [0.15, 0.2) is 47.4 Å². The standard InChI is InChI=1S/C22H18FN3O4/c23-17-18-15(25-21(28)16(24-18)8-11-4-2-1-3-5-11)9-13-19(17)26(12-6-7-12)10-14(20(13)27)22(29)30/h1-5,9-10,12,16,24H,6-8H2,(H,25,28)(H,29,30)/t16-/m0/s1. The fourth-order valence-electron chi connectivity index (χ4n) is 3.96. The summed E-state index contributed by atoms with van der Waals surface area (Å²) in [6.07, 6.45) is 3.17. The van der Waals surface area contributed by atoms with Crippen molar-refractivity contribution in [3.63, 3.8) is 0 Å². The molecule has 1 amide bonds. The lowest BCUT2D eigenvalue weighted by molar-refractivity contribution is -0.117. The maximum atomic E-state index is 15.6. The Morgan fingerprint density at radius 1 is 1.20 bits per heavy atom. The highest BCUT2D eigenvalue weighted by Crippen LogP contribution is 2.41. The summed E-state index contributed by atoms with van der Waals surface area (Å²) in [5.41, 5.74) is 0.0582. The van der Waals surface area contributed by atoms with E-state index in [1.807, 2.05) is 30.3 Å². The number of aromatic carboxylic acids is 1. The minimum atomic E-state index is -1.36. The van der Waals surface area contributed by atoms with Crippen molar-refractivity contribution in [2.75, 3.05) is 10.6 Å². The number of nitrogens with zero attached hydrogens (tertiary/aromatic N) is 1. The van der Waals surface area contributed by atoms with E-state index in [4.69, 9.17) is 0 Å². The van der Waals surface area contributed by atoms with Crippen LogP contribution in [-0.4, -0.2) is 27.6 Å². The van der Waals surface area contributed by atoms with Gasteiger partial charge in [0.25, 0.3) is 0 Å². The quantitative estimate of drug-likeness (QED) is 0.617. The number of rotatable bonds is 4. The number of benzene rings is 2. The lowest BCUT2D eigenvalue weighted by Gasteiger charge is -2.28. The van der Waals surface area contributed by atoms with E-state index in [9.17, 15) is 19.5 Å². The van der Waals surface area contributed by atoms with Gasteiger partial charge in [-0.1, -0.05) is 30.3 Å². The zero-order chi connectivity index (χ0) is 21.0. The van der Waals surface area contributed by atoms with E-state index < -0.39 is 28.8 Å². The average Bonchev–Trinajstić information content (AvgIpc) is 3.56. The summed E-state index contributed by atoms with van der Waals surface area (Å²) in [4.78, 5) is 36.8. The van der Waals surface area contributed by atoms with Crippen LogP contribution < -0.4 is 16.1 Å². The Kier molecular flexibility index (Phi) is 4.09. The van der Waals surface area contributed by atoms with E-state index >= 15 is 4.39 Å². The average molecular weight is 407 g/mol. The Hall–Kier alpha value is -3.68. The number of nitrogens with one attached hydrogen (secondary N) is 2. The SMILES string of the molecule is O=C(O)c1cn(C2CC2)c2c(F)c3c(cc2c1=O)NC(=O)[C@H](Cc1ccccc1)N3. The van der Waals surface area contributed by atoms with Gasteiger partial charge in [0.15, 0.2) is 5.82 Å². The van der Waals surface area contributed by atoms with Gasteiger partial charge >= 0.3 is 5.97 Å². The predicted molar refractivity (Wildman–Crippen MR) is 110 cm³/mol. The molecule has 8 heteroatoms. The summed E-state index contributed by atoms with van der Waals surface area (Å²) in [7, 11) is 0. The van der Waals surface area contributed by atoms with Crippen LogP contribution >= 0.6 is 0 Å². The number of carboxylic acid groups (broad SMARTS) is 1. The molecule has 1 saturated carbocycles. The first kappa shape index (κ1) is 18.4. The Bertz CT molecular complexity index is 1270. The molecule has 7 nitrogen and oxygen atoms in total. The number of amides is 1. The van der Waals surface area contributed by atoms with Crippen molar-refractivity contribution >= 4 is 34.2 Å².